The molecule has 1 rings (SSSR count). The highest BCUT2D eigenvalue weighted by Gasteiger charge is 2.18. The summed E-state index contributed by atoms with van der Waals surface area (Å²) < 4.78 is 0. The van der Waals surface area contributed by atoms with E-state index in [4.69, 9.17) is 11.0 Å². The Kier molecular flexibility index (Phi) is 4.36. The first kappa shape index (κ1) is 11.0. The molecule has 1 fully saturated rings. The fourth-order valence-corrected chi connectivity index (χ4v) is 1.63. The maximum atomic E-state index is 11.2. The number of nitrogens with zero attached hydrogens (tertiary/aromatic N) is 2. The van der Waals surface area contributed by atoms with E-state index in [1.807, 2.05) is 11.0 Å². The number of hydrogen-bond acceptors (Lipinski definition) is 4. The molecular formula is C9H16N4O. The van der Waals surface area contributed by atoms with Gasteiger partial charge in [0.1, 0.15) is 6.54 Å². The summed E-state index contributed by atoms with van der Waals surface area (Å²) >= 11 is 0. The summed E-state index contributed by atoms with van der Waals surface area (Å²) in [6.45, 7) is 2.14. The van der Waals surface area contributed by atoms with Crippen LogP contribution in [0.2, 0.25) is 0 Å². The first-order valence-electron chi connectivity index (χ1n) is 4.84. The predicted molar refractivity (Wildman–Crippen MR) is 52.3 cm³/mol. The van der Waals surface area contributed by atoms with Gasteiger partial charge in [0, 0.05) is 12.6 Å². The number of hydrogen-bond donors (Lipinski definition) is 2. The van der Waals surface area contributed by atoms with Gasteiger partial charge in [-0.05, 0) is 19.4 Å². The second-order valence-electron chi connectivity index (χ2n) is 3.57. The van der Waals surface area contributed by atoms with Gasteiger partial charge >= 0.3 is 0 Å². The van der Waals surface area contributed by atoms with E-state index < -0.39 is 0 Å². The van der Waals surface area contributed by atoms with Crippen LogP contribution >= 0.6 is 0 Å². The van der Waals surface area contributed by atoms with Crippen molar-refractivity contribution < 1.29 is 4.79 Å². The molecule has 0 aromatic carbocycles. The van der Waals surface area contributed by atoms with Gasteiger partial charge in [-0.3, -0.25) is 9.69 Å². The zero-order valence-electron chi connectivity index (χ0n) is 8.20. The summed E-state index contributed by atoms with van der Waals surface area (Å²) in [5, 5.41) is 10.8. The van der Waals surface area contributed by atoms with Gasteiger partial charge in [0.15, 0.2) is 0 Å². The number of piperidine rings is 1. The minimum absolute atomic E-state index is 0.0821. The van der Waals surface area contributed by atoms with E-state index in [1.54, 1.807) is 0 Å². The van der Waals surface area contributed by atoms with Crippen LogP contribution in [0.15, 0.2) is 0 Å². The molecule has 14 heavy (non-hydrogen) atoms. The first-order valence-corrected chi connectivity index (χ1v) is 4.84. The van der Waals surface area contributed by atoms with Crippen LogP contribution in [0, 0.1) is 11.3 Å². The Morgan fingerprint density at radius 3 is 3.14 bits per heavy atom. The maximum Gasteiger partial charge on any atom is 0.235 e. The van der Waals surface area contributed by atoms with E-state index in [-0.39, 0.29) is 18.5 Å². The number of likely N-dealkylation sites (tertiary alicyclic amines) is 1. The Morgan fingerprint density at radius 2 is 2.50 bits per heavy atom. The van der Waals surface area contributed by atoms with Crippen LogP contribution in [0.4, 0.5) is 0 Å². The molecule has 0 aromatic heterocycles. The Hall–Kier alpha value is -1.12. The highest BCUT2D eigenvalue weighted by atomic mass is 16.2. The van der Waals surface area contributed by atoms with Crippen molar-refractivity contribution in [1.82, 2.24) is 10.2 Å². The normalized spacial score (nSPS) is 22.7. The average molecular weight is 196 g/mol. The molecule has 5 heteroatoms. The van der Waals surface area contributed by atoms with Crippen molar-refractivity contribution in [3.63, 3.8) is 0 Å². The van der Waals surface area contributed by atoms with Crippen LogP contribution in [0.25, 0.3) is 0 Å². The van der Waals surface area contributed by atoms with Gasteiger partial charge in [-0.25, -0.2) is 0 Å². The quantitative estimate of drug-likeness (QED) is 0.570. The van der Waals surface area contributed by atoms with Crippen molar-refractivity contribution in [2.45, 2.75) is 18.9 Å². The van der Waals surface area contributed by atoms with E-state index in [0.717, 1.165) is 25.9 Å². The van der Waals surface area contributed by atoms with E-state index in [1.165, 1.54) is 0 Å². The van der Waals surface area contributed by atoms with Gasteiger partial charge in [0.25, 0.3) is 0 Å². The molecule has 0 saturated carbocycles. The summed E-state index contributed by atoms with van der Waals surface area (Å²) in [6, 6.07) is 2.06. The van der Waals surface area contributed by atoms with Crippen molar-refractivity contribution in [3.8, 4) is 6.07 Å². The fraction of sp³-hybridized carbons (Fsp3) is 0.778. The van der Waals surface area contributed by atoms with Gasteiger partial charge in [-0.2, -0.15) is 5.26 Å². The molecule has 0 radical (unpaired) electrons. The fourth-order valence-electron chi connectivity index (χ4n) is 1.63. The van der Waals surface area contributed by atoms with Crippen molar-refractivity contribution in [1.29, 1.82) is 5.26 Å². The topological polar surface area (TPSA) is 82.2 Å². The van der Waals surface area contributed by atoms with Gasteiger partial charge in [-0.1, -0.05) is 0 Å². The molecule has 0 spiro atoms. The predicted octanol–water partition coefficient (Wildman–Crippen LogP) is -0.951. The number of carbonyl (C=O) groups excluding carboxylic acids is 1. The molecule has 78 valence electrons. The summed E-state index contributed by atoms with van der Waals surface area (Å²) in [7, 11) is 0. The van der Waals surface area contributed by atoms with E-state index in [2.05, 4.69) is 5.32 Å². The van der Waals surface area contributed by atoms with Crippen LogP contribution in [0.1, 0.15) is 12.8 Å². The van der Waals surface area contributed by atoms with Crippen LogP contribution in [-0.4, -0.2) is 43.0 Å². The number of nitrogens with two attached hydrogens (primary N) is 1. The van der Waals surface area contributed by atoms with Crippen molar-refractivity contribution in [2.24, 2.45) is 5.73 Å². The number of carbonyl (C=O) groups is 1. The lowest BCUT2D eigenvalue weighted by molar-refractivity contribution is -0.122. The van der Waals surface area contributed by atoms with Gasteiger partial charge in [0.2, 0.25) is 5.91 Å². The van der Waals surface area contributed by atoms with Crippen LogP contribution in [0.5, 0.6) is 0 Å². The second kappa shape index (κ2) is 5.58. The molecule has 0 aromatic rings. The lowest BCUT2D eigenvalue weighted by Gasteiger charge is -2.29. The number of rotatable bonds is 3. The minimum Gasteiger partial charge on any atom is -0.342 e. The molecule has 5 nitrogen and oxygen atoms in total. The molecule has 3 N–H and O–H groups in total. The molecule has 1 heterocycles. The van der Waals surface area contributed by atoms with Gasteiger partial charge in [0.05, 0.1) is 12.6 Å². The Morgan fingerprint density at radius 1 is 1.71 bits per heavy atom. The van der Waals surface area contributed by atoms with Crippen LogP contribution in [0.3, 0.4) is 0 Å². The minimum atomic E-state index is -0.0966. The molecule has 1 aliphatic rings. The van der Waals surface area contributed by atoms with E-state index in [9.17, 15) is 4.79 Å². The number of nitriles is 1. The third-order valence-electron chi connectivity index (χ3n) is 2.27. The lowest BCUT2D eigenvalue weighted by atomic mass is 10.1. The third-order valence-corrected chi connectivity index (χ3v) is 2.27. The second-order valence-corrected chi connectivity index (χ2v) is 3.57. The molecule has 0 aliphatic carbocycles. The number of amides is 1. The van der Waals surface area contributed by atoms with Crippen LogP contribution < -0.4 is 11.1 Å². The third kappa shape index (κ3) is 3.73. The van der Waals surface area contributed by atoms with Gasteiger partial charge in [-0.15, -0.1) is 0 Å². The van der Waals surface area contributed by atoms with Gasteiger partial charge < -0.3 is 11.1 Å². The smallest absolute Gasteiger partial charge is 0.235 e. The molecule has 0 unspecified atom stereocenters. The highest BCUT2D eigenvalue weighted by molar-refractivity contribution is 5.78. The summed E-state index contributed by atoms with van der Waals surface area (Å²) in [5.41, 5.74) is 5.78. The summed E-state index contributed by atoms with van der Waals surface area (Å²) in [4.78, 5) is 13.3. The monoisotopic (exact) mass is 196 g/mol. The van der Waals surface area contributed by atoms with Crippen molar-refractivity contribution >= 4 is 5.91 Å². The molecule has 0 bridgehead atoms. The molecule has 1 saturated heterocycles. The average Bonchev–Trinajstić information content (AvgIpc) is 2.15. The van der Waals surface area contributed by atoms with Crippen LogP contribution in [-0.2, 0) is 4.79 Å². The Balaban J connectivity index is 2.22. The molecular weight excluding hydrogens is 180 g/mol. The summed E-state index contributed by atoms with van der Waals surface area (Å²) in [6.07, 6.45) is 2.09. The maximum absolute atomic E-state index is 11.2. The van der Waals surface area contributed by atoms with E-state index >= 15 is 0 Å². The standard InChI is InChI=1S/C9H16N4O/c10-3-4-12-9(14)7-13-5-1-2-8(11)6-13/h8H,1-2,4-7,11H2,(H,12,14)/t8-/m1/s1. The molecule has 1 amide bonds. The highest BCUT2D eigenvalue weighted by Crippen LogP contribution is 2.06. The molecule has 1 aliphatic heterocycles. The summed E-state index contributed by atoms with van der Waals surface area (Å²) in [5.74, 6) is -0.0966. The molecule has 1 atom stereocenters. The van der Waals surface area contributed by atoms with Crippen molar-refractivity contribution in [2.75, 3.05) is 26.2 Å². The van der Waals surface area contributed by atoms with Crippen molar-refractivity contribution in [3.05, 3.63) is 0 Å². The van der Waals surface area contributed by atoms with E-state index in [0.29, 0.717) is 6.54 Å². The first-order chi connectivity index (χ1) is 6.72. The Labute approximate surface area is 83.9 Å². The lowest BCUT2D eigenvalue weighted by Crippen LogP contribution is -2.46. The SMILES string of the molecule is N#CCNC(=O)CN1CCC[C@@H](N)C1. The zero-order valence-corrected chi connectivity index (χ0v) is 8.20. The Bertz CT molecular complexity index is 235. The zero-order chi connectivity index (χ0) is 10.4. The number of nitrogens with one attached hydrogen (secondary N) is 1. The largest absolute Gasteiger partial charge is 0.342 e.